The SMILES string of the molecule is CCCCCCOC(=O)N(CCCCCCCCNC(=O)C(F)(F)F)CCCCCCCNC(=O)C(F)(F)F. The number of unbranched alkanes of at least 4 members (excludes halogenated alkanes) is 12. The molecule has 0 heterocycles. The molecule has 0 aromatic heterocycles. The van der Waals surface area contributed by atoms with E-state index in [1.54, 1.807) is 4.90 Å². The van der Waals surface area contributed by atoms with Gasteiger partial charge in [-0.3, -0.25) is 9.59 Å². The minimum Gasteiger partial charge on any atom is -0.449 e. The summed E-state index contributed by atoms with van der Waals surface area (Å²) in [5.74, 6) is -3.85. The van der Waals surface area contributed by atoms with Crippen LogP contribution in [0.3, 0.4) is 0 Å². The molecule has 0 radical (unpaired) electrons. The van der Waals surface area contributed by atoms with E-state index in [1.807, 2.05) is 10.6 Å². The second kappa shape index (κ2) is 21.6. The molecule has 0 unspecified atom stereocenters. The van der Waals surface area contributed by atoms with E-state index in [4.69, 9.17) is 4.74 Å². The molecule has 0 spiro atoms. The highest BCUT2D eigenvalue weighted by molar-refractivity contribution is 5.81. The zero-order valence-corrected chi connectivity index (χ0v) is 23.0. The van der Waals surface area contributed by atoms with Gasteiger partial charge in [0.15, 0.2) is 0 Å². The first-order chi connectivity index (χ1) is 18.4. The van der Waals surface area contributed by atoms with Crippen molar-refractivity contribution in [1.82, 2.24) is 15.5 Å². The molecular formula is C26H45F6N3O4. The van der Waals surface area contributed by atoms with Crippen LogP contribution in [0.25, 0.3) is 0 Å². The van der Waals surface area contributed by atoms with Gasteiger partial charge in [0.25, 0.3) is 0 Å². The minimum absolute atomic E-state index is 0.0155. The standard InChI is InChI=1S/C26H45F6N3O4/c1-2-3-4-16-21-39-24(38)35(20-15-11-7-9-13-18-34-23(37)26(30,31)32)19-14-10-6-5-8-12-17-33-22(36)25(27,28)29/h2-21H2,1H3,(H,33,36)(H,34,37). The van der Waals surface area contributed by atoms with Gasteiger partial charge in [-0.15, -0.1) is 0 Å². The molecule has 3 amide bonds. The molecule has 13 heteroatoms. The number of hydrogen-bond donors (Lipinski definition) is 2. The summed E-state index contributed by atoms with van der Waals surface area (Å²) in [6.07, 6.45) is 1.71. The van der Waals surface area contributed by atoms with Crippen molar-refractivity contribution >= 4 is 17.9 Å². The molecule has 2 N–H and O–H groups in total. The molecule has 0 aliphatic carbocycles. The highest BCUT2D eigenvalue weighted by Gasteiger charge is 2.38. The Labute approximate surface area is 227 Å². The maximum atomic E-state index is 12.5. The fourth-order valence-electron chi connectivity index (χ4n) is 3.77. The fourth-order valence-corrected chi connectivity index (χ4v) is 3.77. The molecule has 0 bridgehead atoms. The molecule has 0 aromatic rings. The molecule has 0 saturated heterocycles. The van der Waals surface area contributed by atoms with Crippen LogP contribution in [0.4, 0.5) is 31.1 Å². The molecule has 7 nitrogen and oxygen atoms in total. The van der Waals surface area contributed by atoms with Gasteiger partial charge < -0.3 is 20.3 Å². The lowest BCUT2D eigenvalue weighted by Crippen LogP contribution is -2.37. The quantitative estimate of drug-likeness (QED) is 0.111. The van der Waals surface area contributed by atoms with Gasteiger partial charge in [-0.25, -0.2) is 4.79 Å². The summed E-state index contributed by atoms with van der Waals surface area (Å²) in [4.78, 5) is 35.7. The summed E-state index contributed by atoms with van der Waals surface area (Å²) in [5, 5.41) is 3.69. The van der Waals surface area contributed by atoms with Crippen molar-refractivity contribution in [2.75, 3.05) is 32.8 Å². The molecule has 0 fully saturated rings. The Hall–Kier alpha value is -2.21. The van der Waals surface area contributed by atoms with Crippen molar-refractivity contribution in [3.05, 3.63) is 0 Å². The molecule has 39 heavy (non-hydrogen) atoms. The third-order valence-electron chi connectivity index (χ3n) is 6.03. The lowest BCUT2D eigenvalue weighted by atomic mass is 10.1. The van der Waals surface area contributed by atoms with Crippen LogP contribution in [0.1, 0.15) is 103 Å². The van der Waals surface area contributed by atoms with Crippen LogP contribution in [-0.4, -0.2) is 67.9 Å². The molecule has 0 aliphatic heterocycles. The highest BCUT2D eigenvalue weighted by atomic mass is 19.4. The summed E-state index contributed by atoms with van der Waals surface area (Å²) >= 11 is 0. The van der Waals surface area contributed by atoms with Crippen LogP contribution in [-0.2, 0) is 14.3 Å². The average molecular weight is 578 g/mol. The largest absolute Gasteiger partial charge is 0.471 e. The third-order valence-corrected chi connectivity index (χ3v) is 6.03. The second-order valence-electron chi connectivity index (χ2n) is 9.56. The van der Waals surface area contributed by atoms with E-state index in [0.717, 1.165) is 70.6 Å². The Morgan fingerprint density at radius 2 is 0.974 bits per heavy atom. The summed E-state index contributed by atoms with van der Waals surface area (Å²) in [5.41, 5.74) is 0. The lowest BCUT2D eigenvalue weighted by molar-refractivity contribution is -0.173. The van der Waals surface area contributed by atoms with Crippen molar-refractivity contribution in [2.24, 2.45) is 0 Å². The first-order valence-corrected chi connectivity index (χ1v) is 14.0. The number of nitrogens with one attached hydrogen (secondary N) is 2. The second-order valence-corrected chi connectivity index (χ2v) is 9.56. The van der Waals surface area contributed by atoms with E-state index in [0.29, 0.717) is 45.4 Å². The maximum Gasteiger partial charge on any atom is 0.471 e. The van der Waals surface area contributed by atoms with E-state index in [-0.39, 0.29) is 19.2 Å². The van der Waals surface area contributed by atoms with Crippen LogP contribution in [0.5, 0.6) is 0 Å². The Morgan fingerprint density at radius 1 is 0.590 bits per heavy atom. The number of carbonyl (C=O) groups excluding carboxylic acids is 3. The van der Waals surface area contributed by atoms with Crippen molar-refractivity contribution < 1.29 is 45.5 Å². The number of hydrogen-bond acceptors (Lipinski definition) is 4. The Bertz CT molecular complexity index is 675. The number of amides is 3. The van der Waals surface area contributed by atoms with Crippen molar-refractivity contribution in [2.45, 2.75) is 116 Å². The Balaban J connectivity index is 4.17. The van der Waals surface area contributed by atoms with Gasteiger partial charge in [0.2, 0.25) is 0 Å². The number of halogens is 6. The summed E-state index contributed by atoms with van der Waals surface area (Å²) in [7, 11) is 0. The Morgan fingerprint density at radius 3 is 1.38 bits per heavy atom. The summed E-state index contributed by atoms with van der Waals surface area (Å²) < 4.78 is 78.3. The van der Waals surface area contributed by atoms with Gasteiger partial charge in [-0.05, 0) is 32.1 Å². The number of alkyl halides is 6. The van der Waals surface area contributed by atoms with Gasteiger partial charge in [0, 0.05) is 26.2 Å². The average Bonchev–Trinajstić information content (AvgIpc) is 2.86. The van der Waals surface area contributed by atoms with Crippen LogP contribution in [0.2, 0.25) is 0 Å². The normalized spacial score (nSPS) is 11.8. The van der Waals surface area contributed by atoms with E-state index < -0.39 is 24.2 Å². The highest BCUT2D eigenvalue weighted by Crippen LogP contribution is 2.15. The molecular weight excluding hydrogens is 532 g/mol. The van der Waals surface area contributed by atoms with Gasteiger partial charge >= 0.3 is 30.3 Å². The number of carbonyl (C=O) groups is 3. The van der Waals surface area contributed by atoms with Gasteiger partial charge in [-0.1, -0.05) is 71.1 Å². The Kier molecular flexibility index (Phi) is 20.4. The fraction of sp³-hybridized carbons (Fsp3) is 0.885. The van der Waals surface area contributed by atoms with Crippen LogP contribution in [0, 0.1) is 0 Å². The van der Waals surface area contributed by atoms with E-state index in [2.05, 4.69) is 6.92 Å². The van der Waals surface area contributed by atoms with Crippen LogP contribution >= 0.6 is 0 Å². The number of nitrogens with zero attached hydrogens (tertiary/aromatic N) is 1. The topological polar surface area (TPSA) is 87.7 Å². The predicted molar refractivity (Wildman–Crippen MR) is 136 cm³/mol. The predicted octanol–water partition coefficient (Wildman–Crippen LogP) is 6.65. The molecule has 230 valence electrons. The molecule has 0 saturated carbocycles. The van der Waals surface area contributed by atoms with E-state index >= 15 is 0 Å². The van der Waals surface area contributed by atoms with Crippen LogP contribution in [0.15, 0.2) is 0 Å². The van der Waals surface area contributed by atoms with Gasteiger partial charge in [-0.2, -0.15) is 26.3 Å². The molecule has 0 atom stereocenters. The minimum atomic E-state index is -4.87. The van der Waals surface area contributed by atoms with E-state index in [1.165, 1.54) is 0 Å². The summed E-state index contributed by atoms with van der Waals surface area (Å²) in [6.45, 7) is 3.45. The first-order valence-electron chi connectivity index (χ1n) is 14.0. The van der Waals surface area contributed by atoms with Crippen LogP contribution < -0.4 is 10.6 Å². The molecule has 0 aliphatic rings. The smallest absolute Gasteiger partial charge is 0.449 e. The van der Waals surface area contributed by atoms with Crippen molar-refractivity contribution in [1.29, 1.82) is 0 Å². The van der Waals surface area contributed by atoms with Gasteiger partial charge in [0.1, 0.15) is 0 Å². The zero-order chi connectivity index (χ0) is 29.6. The third kappa shape index (κ3) is 21.3. The summed E-state index contributed by atoms with van der Waals surface area (Å²) in [6, 6.07) is 0. The maximum absolute atomic E-state index is 12.5. The molecule has 0 rings (SSSR count). The van der Waals surface area contributed by atoms with E-state index in [9.17, 15) is 40.7 Å². The number of ether oxygens (including phenoxy) is 1. The van der Waals surface area contributed by atoms with Crippen molar-refractivity contribution in [3.63, 3.8) is 0 Å². The molecule has 0 aromatic carbocycles. The van der Waals surface area contributed by atoms with Crippen molar-refractivity contribution in [3.8, 4) is 0 Å². The number of rotatable bonds is 22. The van der Waals surface area contributed by atoms with Gasteiger partial charge in [0.05, 0.1) is 6.61 Å². The zero-order valence-electron chi connectivity index (χ0n) is 23.0. The lowest BCUT2D eigenvalue weighted by Gasteiger charge is -2.22. The monoisotopic (exact) mass is 577 g/mol. The first kappa shape index (κ1) is 36.8.